The van der Waals surface area contributed by atoms with Crippen molar-refractivity contribution in [3.8, 4) is 0 Å². The topological polar surface area (TPSA) is 9.23 Å². The van der Waals surface area contributed by atoms with Crippen molar-refractivity contribution in [1.29, 1.82) is 0 Å². The molecule has 1 atom stereocenters. The van der Waals surface area contributed by atoms with Gasteiger partial charge < -0.3 is 4.43 Å². The molecule has 1 aliphatic carbocycles. The third-order valence-corrected chi connectivity index (χ3v) is 8.52. The van der Waals surface area contributed by atoms with E-state index in [1.165, 1.54) is 17.8 Å². The molecule has 0 bridgehead atoms. The number of hydrogen-bond donors (Lipinski definition) is 0. The van der Waals surface area contributed by atoms with E-state index in [1.807, 2.05) is 0 Å². The summed E-state index contributed by atoms with van der Waals surface area (Å²) in [5.41, 5.74) is 1.40. The standard InChI is InChI=1S/C14H26OSi/c1-8-12-9-10-13(11(12)2)15-16(6,7)14(3,4)5/h8,12H,1,9-10H2,2-7H3. The highest BCUT2D eigenvalue weighted by Crippen LogP contribution is 2.42. The van der Waals surface area contributed by atoms with Crippen molar-refractivity contribution in [3.63, 3.8) is 0 Å². The van der Waals surface area contributed by atoms with E-state index in [9.17, 15) is 0 Å². The summed E-state index contributed by atoms with van der Waals surface area (Å²) in [6.07, 6.45) is 4.33. The van der Waals surface area contributed by atoms with E-state index in [-0.39, 0.29) is 5.04 Å². The van der Waals surface area contributed by atoms with Gasteiger partial charge in [-0.2, -0.15) is 0 Å². The number of allylic oxidation sites excluding steroid dienone is 3. The van der Waals surface area contributed by atoms with Crippen LogP contribution in [0.4, 0.5) is 0 Å². The first-order valence-electron chi connectivity index (χ1n) is 6.20. The molecule has 1 nitrogen and oxygen atoms in total. The molecule has 0 fully saturated rings. The molecule has 0 radical (unpaired) electrons. The molecule has 0 aliphatic heterocycles. The van der Waals surface area contributed by atoms with Crippen molar-refractivity contribution in [2.24, 2.45) is 5.92 Å². The highest BCUT2D eigenvalue weighted by atomic mass is 28.4. The zero-order valence-corrected chi connectivity index (χ0v) is 12.7. The quantitative estimate of drug-likeness (QED) is 0.503. The lowest BCUT2D eigenvalue weighted by atomic mass is 10.0. The van der Waals surface area contributed by atoms with Gasteiger partial charge in [0, 0.05) is 12.3 Å². The van der Waals surface area contributed by atoms with E-state index >= 15 is 0 Å². The Morgan fingerprint density at radius 3 is 2.31 bits per heavy atom. The molecule has 0 saturated carbocycles. The fourth-order valence-electron chi connectivity index (χ4n) is 1.79. The van der Waals surface area contributed by atoms with Crippen LogP contribution in [-0.2, 0) is 4.43 Å². The Hall–Kier alpha value is -0.503. The first-order valence-corrected chi connectivity index (χ1v) is 9.11. The van der Waals surface area contributed by atoms with Gasteiger partial charge in [-0.1, -0.05) is 26.8 Å². The fraction of sp³-hybridized carbons (Fsp3) is 0.714. The Balaban J connectivity index is 2.83. The van der Waals surface area contributed by atoms with Crippen molar-refractivity contribution in [2.75, 3.05) is 0 Å². The molecule has 1 rings (SSSR count). The largest absolute Gasteiger partial charge is 0.547 e. The minimum Gasteiger partial charge on any atom is -0.547 e. The molecule has 0 aromatic rings. The second-order valence-corrected chi connectivity index (χ2v) is 11.1. The lowest BCUT2D eigenvalue weighted by Gasteiger charge is -2.37. The van der Waals surface area contributed by atoms with Gasteiger partial charge in [-0.15, -0.1) is 6.58 Å². The Bertz CT molecular complexity index is 307. The summed E-state index contributed by atoms with van der Waals surface area (Å²) in [7, 11) is -1.65. The normalized spacial score (nSPS) is 22.5. The van der Waals surface area contributed by atoms with Crippen LogP contribution in [0.2, 0.25) is 18.1 Å². The summed E-state index contributed by atoms with van der Waals surface area (Å²) in [5, 5.41) is 0.284. The summed E-state index contributed by atoms with van der Waals surface area (Å²) in [4.78, 5) is 0. The van der Waals surface area contributed by atoms with Crippen LogP contribution in [-0.4, -0.2) is 8.32 Å². The van der Waals surface area contributed by atoms with Gasteiger partial charge in [0.1, 0.15) is 0 Å². The first-order chi connectivity index (χ1) is 7.19. The maximum atomic E-state index is 6.38. The molecule has 92 valence electrons. The third kappa shape index (κ3) is 2.60. The average Bonchev–Trinajstić information content (AvgIpc) is 2.45. The van der Waals surface area contributed by atoms with Gasteiger partial charge in [0.15, 0.2) is 0 Å². The molecule has 0 aromatic carbocycles. The fourth-order valence-corrected chi connectivity index (χ4v) is 2.98. The lowest BCUT2D eigenvalue weighted by molar-refractivity contribution is 0.370. The highest BCUT2D eigenvalue weighted by Gasteiger charge is 2.40. The molecule has 0 amide bonds. The van der Waals surface area contributed by atoms with E-state index < -0.39 is 8.32 Å². The Morgan fingerprint density at radius 1 is 1.38 bits per heavy atom. The van der Waals surface area contributed by atoms with Gasteiger partial charge in [0.2, 0.25) is 8.32 Å². The molecule has 1 unspecified atom stereocenters. The molecule has 0 aromatic heterocycles. The molecule has 0 spiro atoms. The number of hydrogen-bond acceptors (Lipinski definition) is 1. The Labute approximate surface area is 102 Å². The van der Waals surface area contributed by atoms with Crippen LogP contribution in [0.25, 0.3) is 0 Å². The van der Waals surface area contributed by atoms with Crippen molar-refractivity contribution < 1.29 is 4.43 Å². The van der Waals surface area contributed by atoms with Gasteiger partial charge in [-0.25, -0.2) is 0 Å². The molecule has 16 heavy (non-hydrogen) atoms. The second kappa shape index (κ2) is 4.40. The highest BCUT2D eigenvalue weighted by molar-refractivity contribution is 6.74. The Kier molecular flexibility index (Phi) is 3.73. The monoisotopic (exact) mass is 238 g/mol. The molecule has 0 heterocycles. The van der Waals surface area contributed by atoms with Crippen LogP contribution in [0, 0.1) is 5.92 Å². The van der Waals surface area contributed by atoms with Crippen LogP contribution in [0.1, 0.15) is 40.5 Å². The van der Waals surface area contributed by atoms with Crippen LogP contribution in [0.5, 0.6) is 0 Å². The van der Waals surface area contributed by atoms with E-state index in [4.69, 9.17) is 4.43 Å². The molecule has 0 saturated heterocycles. The molecular weight excluding hydrogens is 212 g/mol. The predicted molar refractivity (Wildman–Crippen MR) is 73.9 cm³/mol. The summed E-state index contributed by atoms with van der Waals surface area (Å²) in [5.74, 6) is 1.79. The van der Waals surface area contributed by atoms with E-state index in [1.54, 1.807) is 0 Å². The van der Waals surface area contributed by atoms with Gasteiger partial charge in [0.25, 0.3) is 0 Å². The van der Waals surface area contributed by atoms with Gasteiger partial charge in [0.05, 0.1) is 5.76 Å². The SMILES string of the molecule is C=CC1CCC(O[Si](C)(C)C(C)(C)C)=C1C. The summed E-state index contributed by atoms with van der Waals surface area (Å²) in [6, 6.07) is 0. The van der Waals surface area contributed by atoms with E-state index in [0.29, 0.717) is 5.92 Å². The summed E-state index contributed by atoms with van der Waals surface area (Å²) >= 11 is 0. The molecule has 2 heteroatoms. The predicted octanol–water partition coefficient (Wildman–Crippen LogP) is 4.88. The average molecular weight is 238 g/mol. The summed E-state index contributed by atoms with van der Waals surface area (Å²) < 4.78 is 6.38. The second-order valence-electron chi connectivity index (χ2n) is 6.35. The zero-order chi connectivity index (χ0) is 12.6. The Morgan fingerprint density at radius 2 is 1.94 bits per heavy atom. The smallest absolute Gasteiger partial charge is 0.250 e. The minimum atomic E-state index is -1.65. The molecule has 0 N–H and O–H groups in total. The third-order valence-electron chi connectivity index (χ3n) is 4.15. The first kappa shape index (κ1) is 13.6. The maximum Gasteiger partial charge on any atom is 0.250 e. The van der Waals surface area contributed by atoms with E-state index in [2.05, 4.69) is 53.4 Å². The van der Waals surface area contributed by atoms with Gasteiger partial charge >= 0.3 is 0 Å². The van der Waals surface area contributed by atoms with E-state index in [0.717, 1.165) is 6.42 Å². The number of rotatable bonds is 3. The van der Waals surface area contributed by atoms with Crippen molar-refractivity contribution in [2.45, 2.75) is 58.7 Å². The maximum absolute atomic E-state index is 6.38. The van der Waals surface area contributed by atoms with Gasteiger partial charge in [-0.05, 0) is 37.0 Å². The summed E-state index contributed by atoms with van der Waals surface area (Å²) in [6.45, 7) is 17.6. The minimum absolute atomic E-state index is 0.284. The van der Waals surface area contributed by atoms with Crippen LogP contribution in [0.3, 0.4) is 0 Å². The molecular formula is C14H26OSi. The van der Waals surface area contributed by atoms with Gasteiger partial charge in [-0.3, -0.25) is 0 Å². The van der Waals surface area contributed by atoms with Crippen LogP contribution >= 0.6 is 0 Å². The van der Waals surface area contributed by atoms with Crippen molar-refractivity contribution in [3.05, 3.63) is 24.0 Å². The molecule has 1 aliphatic rings. The zero-order valence-electron chi connectivity index (χ0n) is 11.7. The van der Waals surface area contributed by atoms with Crippen LogP contribution in [0.15, 0.2) is 24.0 Å². The lowest BCUT2D eigenvalue weighted by Crippen LogP contribution is -2.40. The van der Waals surface area contributed by atoms with Crippen LogP contribution < -0.4 is 0 Å². The van der Waals surface area contributed by atoms with Crippen molar-refractivity contribution >= 4 is 8.32 Å². The van der Waals surface area contributed by atoms with Crippen molar-refractivity contribution in [1.82, 2.24) is 0 Å².